The van der Waals surface area contributed by atoms with Gasteiger partial charge in [-0.15, -0.1) is 0 Å². The van der Waals surface area contributed by atoms with Crippen LogP contribution in [-0.2, 0) is 19.7 Å². The standard InChI is InChI=1S/C28H22ClN3O5/c1-16(21-4-2-3-5-22(21)29)37-27(36)30-24-23(31-32-25(24)33)19-8-6-17(7-9-19)18-10-12-20(13-11-18)28(14-15-28)26(34)35/h2-13,16H,14-15H2,1H3,(H,34,35)(H,30,32,33,36). The summed E-state index contributed by atoms with van der Waals surface area (Å²) in [4.78, 5) is 40.2. The zero-order valence-electron chi connectivity index (χ0n) is 19.8. The van der Waals surface area contributed by atoms with Gasteiger partial charge in [-0.05, 0) is 42.5 Å². The van der Waals surface area contributed by atoms with Gasteiger partial charge in [0, 0.05) is 16.1 Å². The molecule has 9 heteroatoms. The second-order valence-corrected chi connectivity index (χ2v) is 9.36. The minimum atomic E-state index is -0.932. The molecule has 2 amide bonds. The highest BCUT2D eigenvalue weighted by atomic mass is 35.5. The number of ether oxygens (including phenoxy) is 1. The van der Waals surface area contributed by atoms with Crippen molar-refractivity contribution in [2.45, 2.75) is 31.3 Å². The van der Waals surface area contributed by atoms with Crippen molar-refractivity contribution in [3.05, 3.63) is 94.5 Å². The first-order valence-electron chi connectivity index (χ1n) is 11.7. The van der Waals surface area contributed by atoms with Crippen LogP contribution in [0, 0.1) is 0 Å². The van der Waals surface area contributed by atoms with Gasteiger partial charge in [-0.1, -0.05) is 78.3 Å². The third-order valence-electron chi connectivity index (χ3n) is 6.62. The third-order valence-corrected chi connectivity index (χ3v) is 6.97. The lowest BCUT2D eigenvalue weighted by Gasteiger charge is -2.13. The van der Waals surface area contributed by atoms with E-state index >= 15 is 0 Å². The first-order chi connectivity index (χ1) is 17.8. The van der Waals surface area contributed by atoms with Crippen molar-refractivity contribution in [2.24, 2.45) is 10.1 Å². The first kappa shape index (κ1) is 24.4. The van der Waals surface area contributed by atoms with Gasteiger partial charge in [0.2, 0.25) is 0 Å². The smallest absolute Gasteiger partial charge is 0.435 e. The number of rotatable bonds is 6. The van der Waals surface area contributed by atoms with Crippen LogP contribution in [0.5, 0.6) is 0 Å². The SMILES string of the molecule is CC(OC(=O)/N=C1\C(=O)NN=C1c1ccc(-c2ccc(C3(C(=O)O)CC3)cc2)cc1)c1ccccc1Cl. The maximum absolute atomic E-state index is 12.5. The van der Waals surface area contributed by atoms with Crippen molar-refractivity contribution in [2.75, 3.05) is 0 Å². The molecule has 0 aromatic heterocycles. The van der Waals surface area contributed by atoms with E-state index in [9.17, 15) is 19.5 Å². The number of hydrazone groups is 1. The zero-order chi connectivity index (χ0) is 26.2. The van der Waals surface area contributed by atoms with Crippen LogP contribution in [0.2, 0.25) is 5.02 Å². The summed E-state index contributed by atoms with van der Waals surface area (Å²) in [6.07, 6.45) is -0.284. The third kappa shape index (κ3) is 4.75. The van der Waals surface area contributed by atoms with Crippen molar-refractivity contribution in [1.29, 1.82) is 0 Å². The lowest BCUT2D eigenvalue weighted by atomic mass is 9.93. The molecular weight excluding hydrogens is 494 g/mol. The van der Waals surface area contributed by atoms with Crippen LogP contribution >= 0.6 is 11.6 Å². The van der Waals surface area contributed by atoms with E-state index in [1.165, 1.54) is 0 Å². The normalized spacial score (nSPS) is 17.6. The summed E-state index contributed by atoms with van der Waals surface area (Å²) in [7, 11) is 0. The molecule has 0 spiro atoms. The molecule has 5 rings (SSSR count). The number of carboxylic acids is 1. The molecule has 3 aromatic rings. The van der Waals surface area contributed by atoms with Gasteiger partial charge in [0.15, 0.2) is 5.71 Å². The van der Waals surface area contributed by atoms with Crippen molar-refractivity contribution in [3.63, 3.8) is 0 Å². The maximum Gasteiger partial charge on any atom is 0.435 e. The highest BCUT2D eigenvalue weighted by Crippen LogP contribution is 2.48. The van der Waals surface area contributed by atoms with E-state index in [1.54, 1.807) is 43.3 Å². The Morgan fingerprint density at radius 1 is 1.00 bits per heavy atom. The van der Waals surface area contributed by atoms with Crippen molar-refractivity contribution in [3.8, 4) is 11.1 Å². The van der Waals surface area contributed by atoms with E-state index in [0.717, 1.165) is 16.7 Å². The Kier molecular flexibility index (Phi) is 6.35. The number of aliphatic imine (C=N–C) groups is 1. The summed E-state index contributed by atoms with van der Waals surface area (Å²) in [5, 5.41) is 14.0. The Labute approximate surface area is 217 Å². The van der Waals surface area contributed by atoms with Gasteiger partial charge in [-0.25, -0.2) is 10.2 Å². The van der Waals surface area contributed by atoms with Crippen LogP contribution in [0.25, 0.3) is 11.1 Å². The van der Waals surface area contributed by atoms with Crippen LogP contribution in [0.1, 0.15) is 42.6 Å². The number of carboxylic acid groups (broad SMARTS) is 1. The largest absolute Gasteiger partial charge is 0.481 e. The lowest BCUT2D eigenvalue weighted by molar-refractivity contribution is -0.140. The number of halogens is 1. The number of amides is 2. The average molecular weight is 516 g/mol. The van der Waals surface area contributed by atoms with Gasteiger partial charge in [-0.3, -0.25) is 9.59 Å². The number of aliphatic carboxylic acids is 1. The summed E-state index contributed by atoms with van der Waals surface area (Å²) < 4.78 is 5.36. The van der Waals surface area contributed by atoms with Gasteiger partial charge < -0.3 is 9.84 Å². The van der Waals surface area contributed by atoms with E-state index in [4.69, 9.17) is 16.3 Å². The topological polar surface area (TPSA) is 117 Å². The van der Waals surface area contributed by atoms with Crippen molar-refractivity contribution in [1.82, 2.24) is 5.43 Å². The van der Waals surface area contributed by atoms with Gasteiger partial charge in [0.1, 0.15) is 11.8 Å². The van der Waals surface area contributed by atoms with Crippen LogP contribution in [0.15, 0.2) is 82.9 Å². The van der Waals surface area contributed by atoms with Gasteiger partial charge in [0.05, 0.1) is 5.41 Å². The van der Waals surface area contributed by atoms with E-state index in [-0.39, 0.29) is 11.4 Å². The number of hydrogen-bond acceptors (Lipinski definition) is 5. The molecule has 2 aliphatic rings. The van der Waals surface area contributed by atoms with E-state index in [1.807, 2.05) is 36.4 Å². The molecule has 1 atom stereocenters. The summed E-state index contributed by atoms with van der Waals surface area (Å²) in [5.74, 6) is -1.39. The molecule has 0 saturated heterocycles. The number of carbonyl (C=O) groups is 3. The predicted octanol–water partition coefficient (Wildman–Crippen LogP) is 5.30. The van der Waals surface area contributed by atoms with E-state index < -0.39 is 29.5 Å². The maximum atomic E-state index is 12.5. The van der Waals surface area contributed by atoms with E-state index in [0.29, 0.717) is 29.0 Å². The first-order valence-corrected chi connectivity index (χ1v) is 12.0. The molecule has 0 bridgehead atoms. The Balaban J connectivity index is 1.31. The summed E-state index contributed by atoms with van der Waals surface area (Å²) in [6.45, 7) is 1.67. The quantitative estimate of drug-likeness (QED) is 0.462. The van der Waals surface area contributed by atoms with Crippen LogP contribution in [0.3, 0.4) is 0 Å². The molecule has 0 radical (unpaired) electrons. The van der Waals surface area contributed by atoms with Crippen molar-refractivity contribution >= 4 is 41.0 Å². The molecule has 1 unspecified atom stereocenters. The Morgan fingerprint density at radius 3 is 2.19 bits per heavy atom. The summed E-state index contributed by atoms with van der Waals surface area (Å²) in [6, 6.07) is 21.8. The van der Waals surface area contributed by atoms with E-state index in [2.05, 4.69) is 15.5 Å². The van der Waals surface area contributed by atoms with Gasteiger partial charge in [-0.2, -0.15) is 10.1 Å². The molecule has 37 heavy (non-hydrogen) atoms. The van der Waals surface area contributed by atoms with Gasteiger partial charge in [0.25, 0.3) is 5.91 Å². The van der Waals surface area contributed by atoms with Crippen LogP contribution in [-0.4, -0.2) is 34.5 Å². The summed E-state index contributed by atoms with van der Waals surface area (Å²) in [5.41, 5.74) is 5.53. The van der Waals surface area contributed by atoms with Crippen LogP contribution in [0.4, 0.5) is 4.79 Å². The number of benzene rings is 3. The second-order valence-electron chi connectivity index (χ2n) is 8.95. The molecule has 8 nitrogen and oxygen atoms in total. The fraction of sp³-hybridized carbons (Fsp3) is 0.179. The van der Waals surface area contributed by atoms with Crippen molar-refractivity contribution < 1.29 is 24.2 Å². The molecule has 1 saturated carbocycles. The Morgan fingerprint density at radius 2 is 1.59 bits per heavy atom. The molecule has 1 fully saturated rings. The minimum Gasteiger partial charge on any atom is -0.481 e. The van der Waals surface area contributed by atoms with Crippen LogP contribution < -0.4 is 5.43 Å². The minimum absolute atomic E-state index is 0.142. The van der Waals surface area contributed by atoms with Gasteiger partial charge >= 0.3 is 12.1 Å². The predicted molar refractivity (Wildman–Crippen MR) is 139 cm³/mol. The summed E-state index contributed by atoms with van der Waals surface area (Å²) >= 11 is 6.17. The number of nitrogens with zero attached hydrogens (tertiary/aromatic N) is 2. The monoisotopic (exact) mass is 515 g/mol. The highest BCUT2D eigenvalue weighted by Gasteiger charge is 2.51. The highest BCUT2D eigenvalue weighted by molar-refractivity contribution is 6.72. The Hall–Kier alpha value is -4.30. The lowest BCUT2D eigenvalue weighted by Crippen LogP contribution is -2.25. The Bertz CT molecular complexity index is 1460. The molecule has 3 aromatic carbocycles. The molecule has 186 valence electrons. The molecular formula is C28H22ClN3O5. The number of carbonyl (C=O) groups excluding carboxylic acids is 2. The zero-order valence-corrected chi connectivity index (χ0v) is 20.5. The fourth-order valence-corrected chi connectivity index (χ4v) is 4.60. The number of hydrogen-bond donors (Lipinski definition) is 2. The second kappa shape index (κ2) is 9.63. The molecule has 1 aliphatic heterocycles. The molecule has 1 heterocycles. The average Bonchev–Trinajstić information content (AvgIpc) is 3.64. The molecule has 2 N–H and O–H groups in total. The number of nitrogens with one attached hydrogen (secondary N) is 1. The molecule has 1 aliphatic carbocycles. The fourth-order valence-electron chi connectivity index (χ4n) is 4.32.